The summed E-state index contributed by atoms with van der Waals surface area (Å²) >= 11 is 0. The largest absolute Gasteiger partial charge is 0.467 e. The molecule has 0 radical (unpaired) electrons. The van der Waals surface area contributed by atoms with E-state index in [1.807, 2.05) is 6.26 Å². The van der Waals surface area contributed by atoms with E-state index in [0.717, 1.165) is 44.2 Å². The third-order valence-electron chi connectivity index (χ3n) is 3.96. The number of rotatable bonds is 8. The minimum atomic E-state index is 0.584. The van der Waals surface area contributed by atoms with Gasteiger partial charge in [-0.3, -0.25) is 0 Å². The Labute approximate surface area is 122 Å². The lowest BCUT2D eigenvalue weighted by Gasteiger charge is -2.24. The highest BCUT2D eigenvalue weighted by Crippen LogP contribution is 2.25. The lowest BCUT2D eigenvalue weighted by atomic mass is 9.85. The summed E-state index contributed by atoms with van der Waals surface area (Å²) in [7, 11) is 0. The van der Waals surface area contributed by atoms with Crippen molar-refractivity contribution < 1.29 is 9.15 Å². The van der Waals surface area contributed by atoms with Crippen LogP contribution in [0.2, 0.25) is 0 Å². The van der Waals surface area contributed by atoms with Crippen molar-refractivity contribution in [1.82, 2.24) is 5.32 Å². The lowest BCUT2D eigenvalue weighted by molar-refractivity contribution is 0.0583. The van der Waals surface area contributed by atoms with Crippen LogP contribution in [0.5, 0.6) is 0 Å². The van der Waals surface area contributed by atoms with Crippen molar-refractivity contribution in [2.75, 3.05) is 13.2 Å². The van der Waals surface area contributed by atoms with E-state index in [1.54, 1.807) is 0 Å². The molecule has 20 heavy (non-hydrogen) atoms. The van der Waals surface area contributed by atoms with Crippen molar-refractivity contribution in [3.8, 4) is 0 Å². The quantitative estimate of drug-likeness (QED) is 0.578. The van der Waals surface area contributed by atoms with Crippen LogP contribution in [-0.2, 0) is 17.9 Å². The molecular formula is C17H27NO2. The van der Waals surface area contributed by atoms with E-state index in [1.165, 1.54) is 12.0 Å². The highest BCUT2D eigenvalue weighted by Gasteiger charge is 2.18. The fourth-order valence-corrected chi connectivity index (χ4v) is 2.55. The summed E-state index contributed by atoms with van der Waals surface area (Å²) in [5, 5.41) is 3.37. The SMILES string of the molecule is CCCNCc1coc(COCC2CC=CCC2C)c1. The number of hydrogen-bond acceptors (Lipinski definition) is 3. The molecule has 2 rings (SSSR count). The molecule has 1 aromatic heterocycles. The highest BCUT2D eigenvalue weighted by atomic mass is 16.5. The van der Waals surface area contributed by atoms with Crippen LogP contribution < -0.4 is 5.32 Å². The number of nitrogens with one attached hydrogen (secondary N) is 1. The van der Waals surface area contributed by atoms with Crippen LogP contribution in [-0.4, -0.2) is 13.2 Å². The number of furan rings is 1. The van der Waals surface area contributed by atoms with Crippen LogP contribution in [0, 0.1) is 11.8 Å². The van der Waals surface area contributed by atoms with Gasteiger partial charge in [-0.05, 0) is 43.7 Å². The molecule has 0 aromatic carbocycles. The second kappa shape index (κ2) is 8.28. The van der Waals surface area contributed by atoms with Crippen LogP contribution in [0.3, 0.4) is 0 Å². The van der Waals surface area contributed by atoms with E-state index in [4.69, 9.17) is 9.15 Å². The first-order chi connectivity index (χ1) is 9.79. The van der Waals surface area contributed by atoms with Gasteiger partial charge in [0.2, 0.25) is 0 Å². The Balaban J connectivity index is 1.67. The van der Waals surface area contributed by atoms with Crippen LogP contribution >= 0.6 is 0 Å². The maximum atomic E-state index is 5.82. The monoisotopic (exact) mass is 277 g/mol. The van der Waals surface area contributed by atoms with Crippen molar-refractivity contribution in [3.63, 3.8) is 0 Å². The number of ether oxygens (including phenoxy) is 1. The minimum absolute atomic E-state index is 0.584. The van der Waals surface area contributed by atoms with Gasteiger partial charge >= 0.3 is 0 Å². The first kappa shape index (κ1) is 15.3. The van der Waals surface area contributed by atoms with Crippen LogP contribution in [0.25, 0.3) is 0 Å². The molecule has 1 N–H and O–H groups in total. The first-order valence-electron chi connectivity index (χ1n) is 7.79. The van der Waals surface area contributed by atoms with Gasteiger partial charge in [0.15, 0.2) is 0 Å². The number of allylic oxidation sites excluding steroid dienone is 2. The van der Waals surface area contributed by atoms with E-state index in [-0.39, 0.29) is 0 Å². The Morgan fingerprint density at radius 2 is 2.20 bits per heavy atom. The minimum Gasteiger partial charge on any atom is -0.467 e. The summed E-state index contributed by atoms with van der Waals surface area (Å²) in [6.45, 7) is 7.81. The van der Waals surface area contributed by atoms with Crippen LogP contribution in [0.15, 0.2) is 28.9 Å². The van der Waals surface area contributed by atoms with Crippen LogP contribution in [0.4, 0.5) is 0 Å². The molecule has 1 aromatic rings. The zero-order chi connectivity index (χ0) is 14.2. The molecule has 2 atom stereocenters. The van der Waals surface area contributed by atoms with Crippen molar-refractivity contribution in [2.24, 2.45) is 11.8 Å². The van der Waals surface area contributed by atoms with E-state index in [0.29, 0.717) is 12.5 Å². The summed E-state index contributed by atoms with van der Waals surface area (Å²) < 4.78 is 11.4. The van der Waals surface area contributed by atoms with Crippen LogP contribution in [0.1, 0.15) is 44.4 Å². The molecule has 0 saturated carbocycles. The van der Waals surface area contributed by atoms with Crippen molar-refractivity contribution in [1.29, 1.82) is 0 Å². The molecule has 0 spiro atoms. The fraction of sp³-hybridized carbons (Fsp3) is 0.647. The average molecular weight is 277 g/mol. The summed E-state index contributed by atoms with van der Waals surface area (Å²) in [4.78, 5) is 0. The maximum Gasteiger partial charge on any atom is 0.129 e. The molecule has 0 saturated heterocycles. The molecule has 0 fully saturated rings. The lowest BCUT2D eigenvalue weighted by Crippen LogP contribution is -2.19. The Hall–Kier alpha value is -1.06. The maximum absolute atomic E-state index is 5.82. The highest BCUT2D eigenvalue weighted by molar-refractivity contribution is 5.12. The molecule has 1 aliphatic carbocycles. The van der Waals surface area contributed by atoms with Gasteiger partial charge in [-0.15, -0.1) is 0 Å². The summed E-state index contributed by atoms with van der Waals surface area (Å²) in [6.07, 6.45) is 9.87. The first-order valence-corrected chi connectivity index (χ1v) is 7.79. The Bertz CT molecular complexity index is 411. The molecule has 3 heteroatoms. The predicted molar refractivity (Wildman–Crippen MR) is 81.4 cm³/mol. The van der Waals surface area contributed by atoms with E-state index < -0.39 is 0 Å². The normalized spacial score (nSPS) is 22.3. The van der Waals surface area contributed by atoms with Gasteiger partial charge in [-0.25, -0.2) is 0 Å². The van der Waals surface area contributed by atoms with Gasteiger partial charge < -0.3 is 14.5 Å². The van der Waals surface area contributed by atoms with E-state index in [2.05, 4.69) is 37.4 Å². The number of hydrogen-bond donors (Lipinski definition) is 1. The van der Waals surface area contributed by atoms with Crippen molar-refractivity contribution in [2.45, 2.75) is 46.3 Å². The van der Waals surface area contributed by atoms with Gasteiger partial charge in [0.05, 0.1) is 12.9 Å². The molecule has 3 nitrogen and oxygen atoms in total. The second-order valence-corrected chi connectivity index (χ2v) is 5.79. The molecule has 112 valence electrons. The molecule has 0 aliphatic heterocycles. The Morgan fingerprint density at radius 1 is 1.35 bits per heavy atom. The van der Waals surface area contributed by atoms with Gasteiger partial charge in [0.25, 0.3) is 0 Å². The third kappa shape index (κ3) is 4.80. The van der Waals surface area contributed by atoms with Crippen molar-refractivity contribution >= 4 is 0 Å². The van der Waals surface area contributed by atoms with E-state index in [9.17, 15) is 0 Å². The predicted octanol–water partition coefficient (Wildman–Crippen LogP) is 3.90. The summed E-state index contributed by atoms with van der Waals surface area (Å²) in [5.41, 5.74) is 1.20. The zero-order valence-corrected chi connectivity index (χ0v) is 12.7. The zero-order valence-electron chi connectivity index (χ0n) is 12.7. The van der Waals surface area contributed by atoms with Gasteiger partial charge in [-0.2, -0.15) is 0 Å². The topological polar surface area (TPSA) is 34.4 Å². The summed E-state index contributed by atoms with van der Waals surface area (Å²) in [5.74, 6) is 2.31. The van der Waals surface area contributed by atoms with Gasteiger partial charge in [0, 0.05) is 12.1 Å². The molecule has 2 unspecified atom stereocenters. The molecule has 0 amide bonds. The Kier molecular flexibility index (Phi) is 6.34. The fourth-order valence-electron chi connectivity index (χ4n) is 2.55. The molecular weight excluding hydrogens is 250 g/mol. The van der Waals surface area contributed by atoms with Gasteiger partial charge in [-0.1, -0.05) is 26.0 Å². The molecule has 1 aliphatic rings. The smallest absolute Gasteiger partial charge is 0.129 e. The third-order valence-corrected chi connectivity index (χ3v) is 3.96. The standard InChI is InChI=1S/C17H27NO2/c1-3-8-18-10-15-9-17(20-11-15)13-19-12-16-7-5-4-6-14(16)2/h4-5,9,11,14,16,18H,3,6-8,10,12-13H2,1-2H3. The molecule has 0 bridgehead atoms. The molecule has 1 heterocycles. The summed E-state index contributed by atoms with van der Waals surface area (Å²) in [6, 6.07) is 2.09. The van der Waals surface area contributed by atoms with E-state index >= 15 is 0 Å². The van der Waals surface area contributed by atoms with Crippen molar-refractivity contribution in [3.05, 3.63) is 35.8 Å². The Morgan fingerprint density at radius 3 is 3.00 bits per heavy atom. The van der Waals surface area contributed by atoms with Gasteiger partial charge in [0.1, 0.15) is 12.4 Å². The average Bonchev–Trinajstić information content (AvgIpc) is 2.89. The second-order valence-electron chi connectivity index (χ2n) is 5.79.